The van der Waals surface area contributed by atoms with Gasteiger partial charge in [-0.25, -0.2) is 0 Å². The molecule has 0 saturated carbocycles. The smallest absolute Gasteiger partial charge is 0.276 e. The molecule has 2 N–H and O–H groups in total. The molecule has 20 heavy (non-hydrogen) atoms. The molecular weight excluding hydrogens is 256 g/mol. The van der Waals surface area contributed by atoms with E-state index in [2.05, 4.69) is 0 Å². The molecule has 0 heterocycles. The Bertz CT molecular complexity index is 612. The summed E-state index contributed by atoms with van der Waals surface area (Å²) in [5, 5.41) is 10.9. The highest BCUT2D eigenvalue weighted by molar-refractivity contribution is 5.40. The quantitative estimate of drug-likeness (QED) is 0.669. The van der Waals surface area contributed by atoms with Crippen molar-refractivity contribution in [2.45, 2.75) is 19.6 Å². The fourth-order valence-corrected chi connectivity index (χ4v) is 1.95. The minimum Gasteiger partial charge on any atom is -0.488 e. The number of nitro groups is 1. The summed E-state index contributed by atoms with van der Waals surface area (Å²) in [6.45, 7) is 2.01. The standard InChI is InChI=1S/C15H16N2O3/c1-11(16)13-7-3-5-9-15(13)20-10-12-6-2-4-8-14(12)17(18)19/h2-9,11H,10,16H2,1H3/t11-/m1/s1. The lowest BCUT2D eigenvalue weighted by Gasteiger charge is -2.13. The summed E-state index contributed by atoms with van der Waals surface area (Å²) in [7, 11) is 0. The van der Waals surface area contributed by atoms with Crippen LogP contribution in [0.3, 0.4) is 0 Å². The van der Waals surface area contributed by atoms with Gasteiger partial charge in [-0.3, -0.25) is 10.1 Å². The molecule has 0 unspecified atom stereocenters. The lowest BCUT2D eigenvalue weighted by molar-refractivity contribution is -0.385. The molecule has 0 aliphatic heterocycles. The van der Waals surface area contributed by atoms with Crippen LogP contribution in [0.1, 0.15) is 24.1 Å². The molecule has 0 radical (unpaired) electrons. The molecule has 1 atom stereocenters. The fourth-order valence-electron chi connectivity index (χ4n) is 1.95. The van der Waals surface area contributed by atoms with Crippen LogP contribution in [0.5, 0.6) is 5.75 Å². The van der Waals surface area contributed by atoms with Crippen molar-refractivity contribution < 1.29 is 9.66 Å². The number of nitrogens with zero attached hydrogens (tertiary/aromatic N) is 1. The maximum absolute atomic E-state index is 10.9. The minimum absolute atomic E-state index is 0.0609. The first kappa shape index (κ1) is 14.0. The summed E-state index contributed by atoms with van der Waals surface area (Å²) < 4.78 is 5.69. The molecule has 0 bridgehead atoms. The van der Waals surface area contributed by atoms with Gasteiger partial charge >= 0.3 is 0 Å². The van der Waals surface area contributed by atoms with E-state index >= 15 is 0 Å². The Morgan fingerprint density at radius 1 is 1.20 bits per heavy atom. The summed E-state index contributed by atoms with van der Waals surface area (Å²) in [6.07, 6.45) is 0. The monoisotopic (exact) mass is 272 g/mol. The van der Waals surface area contributed by atoms with Gasteiger partial charge in [-0.15, -0.1) is 0 Å². The second-order valence-corrected chi connectivity index (χ2v) is 4.50. The van der Waals surface area contributed by atoms with Gasteiger partial charge < -0.3 is 10.5 Å². The van der Waals surface area contributed by atoms with Gasteiger partial charge in [-0.05, 0) is 19.1 Å². The third-order valence-electron chi connectivity index (χ3n) is 2.98. The summed E-state index contributed by atoms with van der Waals surface area (Å²) in [5.74, 6) is 0.653. The van der Waals surface area contributed by atoms with E-state index in [-0.39, 0.29) is 18.3 Å². The van der Waals surface area contributed by atoms with Crippen molar-refractivity contribution in [3.8, 4) is 5.75 Å². The molecule has 5 heteroatoms. The number of hydrogen-bond acceptors (Lipinski definition) is 4. The van der Waals surface area contributed by atoms with Crippen LogP contribution in [-0.2, 0) is 6.61 Å². The van der Waals surface area contributed by atoms with Gasteiger partial charge in [-0.1, -0.05) is 30.3 Å². The van der Waals surface area contributed by atoms with E-state index in [1.54, 1.807) is 18.2 Å². The van der Waals surface area contributed by atoms with Gasteiger partial charge in [0.05, 0.1) is 10.5 Å². The van der Waals surface area contributed by atoms with Crippen LogP contribution in [0, 0.1) is 10.1 Å². The van der Waals surface area contributed by atoms with Crippen molar-refractivity contribution in [2.75, 3.05) is 0 Å². The number of benzene rings is 2. The molecule has 2 rings (SSSR count). The van der Waals surface area contributed by atoms with E-state index in [4.69, 9.17) is 10.5 Å². The predicted molar refractivity (Wildman–Crippen MR) is 76.5 cm³/mol. The Balaban J connectivity index is 2.20. The van der Waals surface area contributed by atoms with Crippen molar-refractivity contribution in [1.29, 1.82) is 0 Å². The lowest BCUT2D eigenvalue weighted by Crippen LogP contribution is -2.08. The Kier molecular flexibility index (Phi) is 4.32. The summed E-state index contributed by atoms with van der Waals surface area (Å²) in [4.78, 5) is 10.5. The highest BCUT2D eigenvalue weighted by Gasteiger charge is 2.14. The number of nitrogens with two attached hydrogens (primary N) is 1. The molecule has 2 aromatic rings. The van der Waals surface area contributed by atoms with Crippen LogP contribution in [0.25, 0.3) is 0 Å². The lowest BCUT2D eigenvalue weighted by atomic mass is 10.1. The van der Waals surface area contributed by atoms with Crippen molar-refractivity contribution in [1.82, 2.24) is 0 Å². The average Bonchev–Trinajstić information content (AvgIpc) is 2.45. The van der Waals surface area contributed by atoms with Gasteiger partial charge in [0.25, 0.3) is 5.69 Å². The third kappa shape index (κ3) is 3.13. The molecule has 5 nitrogen and oxygen atoms in total. The zero-order valence-corrected chi connectivity index (χ0v) is 11.2. The molecule has 0 aliphatic carbocycles. The fraction of sp³-hybridized carbons (Fsp3) is 0.200. The first-order valence-corrected chi connectivity index (χ1v) is 6.29. The molecule has 0 aromatic heterocycles. The predicted octanol–water partition coefficient (Wildman–Crippen LogP) is 3.19. The molecule has 104 valence electrons. The van der Waals surface area contributed by atoms with E-state index < -0.39 is 4.92 Å². The number of nitro benzene ring substituents is 1. The van der Waals surface area contributed by atoms with Gasteiger partial charge in [0.2, 0.25) is 0 Å². The van der Waals surface area contributed by atoms with Gasteiger partial charge in [-0.2, -0.15) is 0 Å². The second kappa shape index (κ2) is 6.16. The van der Waals surface area contributed by atoms with E-state index in [1.807, 2.05) is 31.2 Å². The maximum Gasteiger partial charge on any atom is 0.276 e. The average molecular weight is 272 g/mol. The molecular formula is C15H16N2O3. The van der Waals surface area contributed by atoms with Crippen molar-refractivity contribution >= 4 is 5.69 Å². The summed E-state index contributed by atoms with van der Waals surface area (Å²) in [5.41, 5.74) is 7.35. The Morgan fingerprint density at radius 3 is 2.55 bits per heavy atom. The zero-order valence-electron chi connectivity index (χ0n) is 11.2. The number of rotatable bonds is 5. The normalized spacial score (nSPS) is 11.9. The van der Waals surface area contributed by atoms with E-state index in [9.17, 15) is 10.1 Å². The topological polar surface area (TPSA) is 78.4 Å². The van der Waals surface area contributed by atoms with Gasteiger partial charge in [0, 0.05) is 17.7 Å². The molecule has 0 spiro atoms. The van der Waals surface area contributed by atoms with Crippen LogP contribution >= 0.6 is 0 Å². The molecule has 0 amide bonds. The van der Waals surface area contributed by atoms with Crippen molar-refractivity contribution in [3.63, 3.8) is 0 Å². The first-order chi connectivity index (χ1) is 9.59. The van der Waals surface area contributed by atoms with Gasteiger partial charge in [0.15, 0.2) is 0 Å². The number of hydrogen-bond donors (Lipinski definition) is 1. The molecule has 0 fully saturated rings. The Hall–Kier alpha value is -2.40. The highest BCUT2D eigenvalue weighted by atomic mass is 16.6. The maximum atomic E-state index is 10.9. The highest BCUT2D eigenvalue weighted by Crippen LogP contribution is 2.25. The third-order valence-corrected chi connectivity index (χ3v) is 2.98. The summed E-state index contributed by atoms with van der Waals surface area (Å²) >= 11 is 0. The zero-order chi connectivity index (χ0) is 14.5. The van der Waals surface area contributed by atoms with Gasteiger partial charge in [0.1, 0.15) is 12.4 Å². The van der Waals surface area contributed by atoms with Crippen LogP contribution in [0.15, 0.2) is 48.5 Å². The van der Waals surface area contributed by atoms with Crippen LogP contribution in [-0.4, -0.2) is 4.92 Å². The van der Waals surface area contributed by atoms with Crippen molar-refractivity contribution in [2.24, 2.45) is 5.73 Å². The Labute approximate surface area is 117 Å². The SMILES string of the molecule is C[C@@H](N)c1ccccc1OCc1ccccc1[N+](=O)[O-]. The van der Waals surface area contributed by atoms with E-state index in [0.717, 1.165) is 5.56 Å². The molecule has 0 aliphatic rings. The minimum atomic E-state index is -0.407. The van der Waals surface area contributed by atoms with Crippen LogP contribution in [0.2, 0.25) is 0 Å². The molecule has 0 saturated heterocycles. The van der Waals surface area contributed by atoms with Crippen LogP contribution in [0.4, 0.5) is 5.69 Å². The van der Waals surface area contributed by atoms with Crippen molar-refractivity contribution in [3.05, 3.63) is 69.8 Å². The summed E-state index contributed by atoms with van der Waals surface area (Å²) in [6, 6.07) is 13.8. The first-order valence-electron chi connectivity index (χ1n) is 6.29. The largest absolute Gasteiger partial charge is 0.488 e. The second-order valence-electron chi connectivity index (χ2n) is 4.50. The number of para-hydroxylation sites is 2. The number of ether oxygens (including phenoxy) is 1. The van der Waals surface area contributed by atoms with Crippen LogP contribution < -0.4 is 10.5 Å². The molecule has 2 aromatic carbocycles. The van der Waals surface area contributed by atoms with E-state index in [0.29, 0.717) is 11.3 Å². The van der Waals surface area contributed by atoms with E-state index in [1.165, 1.54) is 6.07 Å². The Morgan fingerprint density at radius 2 is 1.85 bits per heavy atom.